The summed E-state index contributed by atoms with van der Waals surface area (Å²) in [5.41, 5.74) is 2.34. The SMILES string of the molecule is O=C(Cc1csc(Nc2cccc(Cl)c2)n1)Nc1ccc(Br)cc1. The van der Waals surface area contributed by atoms with Gasteiger partial charge in [0.1, 0.15) is 0 Å². The molecule has 0 saturated carbocycles. The summed E-state index contributed by atoms with van der Waals surface area (Å²) in [6, 6.07) is 14.9. The second-order valence-corrected chi connectivity index (χ2v) is 7.22. The van der Waals surface area contributed by atoms with Crippen molar-refractivity contribution in [3.8, 4) is 0 Å². The maximum Gasteiger partial charge on any atom is 0.230 e. The Morgan fingerprint density at radius 1 is 1.17 bits per heavy atom. The minimum absolute atomic E-state index is 0.100. The van der Waals surface area contributed by atoms with Gasteiger partial charge in [0.25, 0.3) is 0 Å². The number of benzene rings is 2. The number of hydrogen-bond acceptors (Lipinski definition) is 4. The summed E-state index contributed by atoms with van der Waals surface area (Å²) in [6.45, 7) is 0. The van der Waals surface area contributed by atoms with Gasteiger partial charge in [-0.25, -0.2) is 4.98 Å². The molecule has 0 aliphatic heterocycles. The fourth-order valence-corrected chi connectivity index (χ4v) is 3.22. The summed E-state index contributed by atoms with van der Waals surface area (Å²) in [6.07, 6.45) is 0.226. The number of anilines is 3. The Morgan fingerprint density at radius 2 is 1.96 bits per heavy atom. The van der Waals surface area contributed by atoms with Crippen LogP contribution in [0.2, 0.25) is 5.02 Å². The van der Waals surface area contributed by atoms with Crippen molar-refractivity contribution >= 4 is 61.3 Å². The Morgan fingerprint density at radius 3 is 2.71 bits per heavy atom. The van der Waals surface area contributed by atoms with E-state index in [1.165, 1.54) is 11.3 Å². The molecule has 3 aromatic rings. The van der Waals surface area contributed by atoms with Crippen molar-refractivity contribution in [2.24, 2.45) is 0 Å². The van der Waals surface area contributed by atoms with Crippen LogP contribution in [0.4, 0.5) is 16.5 Å². The Balaban J connectivity index is 1.59. The molecule has 0 bridgehead atoms. The summed E-state index contributed by atoms with van der Waals surface area (Å²) in [5, 5.41) is 9.28. The number of nitrogens with zero attached hydrogens (tertiary/aromatic N) is 1. The second-order valence-electron chi connectivity index (χ2n) is 5.01. The van der Waals surface area contributed by atoms with Crippen LogP contribution in [0.25, 0.3) is 0 Å². The monoisotopic (exact) mass is 421 g/mol. The van der Waals surface area contributed by atoms with E-state index in [2.05, 4.69) is 31.5 Å². The maximum atomic E-state index is 12.1. The number of hydrogen-bond donors (Lipinski definition) is 2. The lowest BCUT2D eigenvalue weighted by molar-refractivity contribution is -0.115. The molecule has 1 aromatic heterocycles. The fourth-order valence-electron chi connectivity index (χ4n) is 2.04. The van der Waals surface area contributed by atoms with Crippen molar-refractivity contribution in [2.75, 3.05) is 10.6 Å². The molecular weight excluding hydrogens is 410 g/mol. The summed E-state index contributed by atoms with van der Waals surface area (Å²) in [5.74, 6) is -0.100. The van der Waals surface area contributed by atoms with Gasteiger partial charge >= 0.3 is 0 Å². The molecule has 1 amide bonds. The highest BCUT2D eigenvalue weighted by molar-refractivity contribution is 9.10. The maximum absolute atomic E-state index is 12.1. The highest BCUT2D eigenvalue weighted by Crippen LogP contribution is 2.23. The highest BCUT2D eigenvalue weighted by atomic mass is 79.9. The minimum Gasteiger partial charge on any atom is -0.331 e. The van der Waals surface area contributed by atoms with Crippen molar-refractivity contribution < 1.29 is 4.79 Å². The van der Waals surface area contributed by atoms with Gasteiger partial charge in [-0.05, 0) is 42.5 Å². The zero-order valence-electron chi connectivity index (χ0n) is 12.4. The molecule has 3 rings (SSSR count). The van der Waals surface area contributed by atoms with E-state index in [1.54, 1.807) is 0 Å². The quantitative estimate of drug-likeness (QED) is 0.572. The van der Waals surface area contributed by atoms with Crippen molar-refractivity contribution in [3.05, 3.63) is 69.1 Å². The first-order chi connectivity index (χ1) is 11.6. The van der Waals surface area contributed by atoms with E-state index in [9.17, 15) is 4.79 Å². The first-order valence-electron chi connectivity index (χ1n) is 7.11. The molecule has 0 radical (unpaired) electrons. The topological polar surface area (TPSA) is 54.0 Å². The van der Waals surface area contributed by atoms with E-state index < -0.39 is 0 Å². The predicted molar refractivity (Wildman–Crippen MR) is 103 cm³/mol. The number of nitrogens with one attached hydrogen (secondary N) is 2. The van der Waals surface area contributed by atoms with Crippen molar-refractivity contribution in [1.29, 1.82) is 0 Å². The van der Waals surface area contributed by atoms with Crippen LogP contribution in [-0.4, -0.2) is 10.9 Å². The number of carbonyl (C=O) groups is 1. The Labute approximate surface area is 157 Å². The summed E-state index contributed by atoms with van der Waals surface area (Å²) in [4.78, 5) is 16.5. The number of aromatic nitrogens is 1. The van der Waals surface area contributed by atoms with E-state index in [1.807, 2.05) is 53.9 Å². The molecular formula is C17H13BrClN3OS. The first-order valence-corrected chi connectivity index (χ1v) is 9.16. The van der Waals surface area contributed by atoms with E-state index in [4.69, 9.17) is 11.6 Å². The number of rotatable bonds is 5. The lowest BCUT2D eigenvalue weighted by Gasteiger charge is -2.04. The van der Waals surface area contributed by atoms with Crippen LogP contribution in [-0.2, 0) is 11.2 Å². The number of thiazole rings is 1. The van der Waals surface area contributed by atoms with Crippen molar-refractivity contribution in [2.45, 2.75) is 6.42 Å². The molecule has 0 aliphatic rings. The zero-order valence-corrected chi connectivity index (χ0v) is 15.6. The molecule has 0 atom stereocenters. The first kappa shape index (κ1) is 17.0. The molecule has 1 heterocycles. The van der Waals surface area contributed by atoms with E-state index in [0.717, 1.165) is 26.7 Å². The number of halogens is 2. The molecule has 4 nitrogen and oxygen atoms in total. The fraction of sp³-hybridized carbons (Fsp3) is 0.0588. The number of carbonyl (C=O) groups excluding carboxylic acids is 1. The van der Waals surface area contributed by atoms with Gasteiger partial charge in [0, 0.05) is 26.3 Å². The molecule has 7 heteroatoms. The van der Waals surface area contributed by atoms with Crippen LogP contribution in [0.3, 0.4) is 0 Å². The third kappa shape index (κ3) is 4.80. The van der Waals surface area contributed by atoms with Crippen molar-refractivity contribution in [3.63, 3.8) is 0 Å². The molecule has 0 saturated heterocycles. The zero-order chi connectivity index (χ0) is 16.9. The van der Waals surface area contributed by atoms with E-state index in [-0.39, 0.29) is 12.3 Å². The largest absolute Gasteiger partial charge is 0.331 e. The Bertz CT molecular complexity index is 851. The van der Waals surface area contributed by atoms with Crippen LogP contribution in [0.5, 0.6) is 0 Å². The van der Waals surface area contributed by atoms with Gasteiger partial charge < -0.3 is 10.6 Å². The lowest BCUT2D eigenvalue weighted by Crippen LogP contribution is -2.14. The third-order valence-corrected chi connectivity index (χ3v) is 4.67. The molecule has 0 spiro atoms. The van der Waals surface area contributed by atoms with Gasteiger partial charge in [0.15, 0.2) is 5.13 Å². The molecule has 0 fully saturated rings. The molecule has 0 aliphatic carbocycles. The van der Waals surface area contributed by atoms with Crippen molar-refractivity contribution in [1.82, 2.24) is 4.98 Å². The van der Waals surface area contributed by atoms with Gasteiger partial charge in [-0.15, -0.1) is 11.3 Å². The molecule has 2 N–H and O–H groups in total. The standard InChI is InChI=1S/C17H13BrClN3OS/c18-11-4-6-13(7-5-11)20-16(23)9-15-10-24-17(22-15)21-14-3-1-2-12(19)8-14/h1-8,10H,9H2,(H,20,23)(H,21,22). The van der Waals surface area contributed by atoms with Crippen LogP contribution in [0.1, 0.15) is 5.69 Å². The normalized spacial score (nSPS) is 10.4. The van der Waals surface area contributed by atoms with E-state index >= 15 is 0 Å². The second kappa shape index (κ2) is 7.79. The van der Waals surface area contributed by atoms with Crippen LogP contribution in [0.15, 0.2) is 58.4 Å². The summed E-state index contributed by atoms with van der Waals surface area (Å²) in [7, 11) is 0. The van der Waals surface area contributed by atoms with Gasteiger partial charge in [0.2, 0.25) is 5.91 Å². The Hall–Kier alpha value is -1.89. The van der Waals surface area contributed by atoms with Crippen LogP contribution in [0, 0.1) is 0 Å². The molecule has 24 heavy (non-hydrogen) atoms. The van der Waals surface area contributed by atoms with Gasteiger partial charge in [-0.3, -0.25) is 4.79 Å². The average molecular weight is 423 g/mol. The molecule has 122 valence electrons. The lowest BCUT2D eigenvalue weighted by atomic mass is 10.3. The van der Waals surface area contributed by atoms with Gasteiger partial charge in [0.05, 0.1) is 12.1 Å². The minimum atomic E-state index is -0.100. The van der Waals surface area contributed by atoms with Crippen LogP contribution < -0.4 is 10.6 Å². The highest BCUT2D eigenvalue weighted by Gasteiger charge is 2.08. The summed E-state index contributed by atoms with van der Waals surface area (Å²) >= 11 is 10.8. The van der Waals surface area contributed by atoms with Gasteiger partial charge in [-0.2, -0.15) is 0 Å². The molecule has 0 unspecified atom stereocenters. The average Bonchev–Trinajstić information content (AvgIpc) is 2.96. The Kier molecular flexibility index (Phi) is 5.50. The van der Waals surface area contributed by atoms with Gasteiger partial charge in [-0.1, -0.05) is 33.6 Å². The van der Waals surface area contributed by atoms with E-state index in [0.29, 0.717) is 5.02 Å². The molecule has 2 aromatic carbocycles. The third-order valence-electron chi connectivity index (χ3n) is 3.10. The predicted octanol–water partition coefficient (Wildman–Crippen LogP) is 5.48. The smallest absolute Gasteiger partial charge is 0.230 e. The number of amides is 1. The summed E-state index contributed by atoms with van der Waals surface area (Å²) < 4.78 is 0.969. The van der Waals surface area contributed by atoms with Crippen LogP contribution >= 0.6 is 38.9 Å².